The van der Waals surface area contributed by atoms with Gasteiger partial charge in [-0.2, -0.15) is 0 Å². The van der Waals surface area contributed by atoms with E-state index in [9.17, 15) is 8.42 Å². The number of rotatable bonds is 4. The third-order valence-corrected chi connectivity index (χ3v) is 4.16. The van der Waals surface area contributed by atoms with E-state index in [4.69, 9.17) is 28.3 Å². The van der Waals surface area contributed by atoms with Gasteiger partial charge in [0.2, 0.25) is 10.0 Å². The van der Waals surface area contributed by atoms with Crippen LogP contribution in [0, 0.1) is 0 Å². The van der Waals surface area contributed by atoms with E-state index < -0.39 is 16.1 Å². The van der Waals surface area contributed by atoms with Crippen LogP contribution in [0.15, 0.2) is 23.1 Å². The lowest BCUT2D eigenvalue weighted by Gasteiger charge is -2.11. The molecule has 1 aromatic carbocycles. The average Bonchev–Trinajstić information content (AvgIpc) is 2.21. The average molecular weight is 284 g/mol. The highest BCUT2D eigenvalue weighted by Gasteiger charge is 2.17. The first kappa shape index (κ1) is 13.7. The normalized spacial score (nSPS) is 13.8. The molecule has 0 heterocycles. The summed E-state index contributed by atoms with van der Waals surface area (Å²) in [6, 6.07) is 3.46. The molecule has 0 aliphatic heterocycles. The highest BCUT2D eigenvalue weighted by atomic mass is 35.5. The third kappa shape index (κ3) is 3.33. The van der Waals surface area contributed by atoms with Crippen molar-refractivity contribution in [1.82, 2.24) is 4.72 Å². The van der Waals surface area contributed by atoms with Gasteiger partial charge in [0.1, 0.15) is 0 Å². The SMILES string of the molecule is C[C@@H](CO)NS(=O)(=O)c1ccc(Cl)c(Cl)c1. The van der Waals surface area contributed by atoms with E-state index in [0.717, 1.165) is 0 Å². The van der Waals surface area contributed by atoms with Gasteiger partial charge >= 0.3 is 0 Å². The molecule has 0 saturated heterocycles. The molecule has 2 N–H and O–H groups in total. The molecule has 0 aliphatic carbocycles. The summed E-state index contributed by atoms with van der Waals surface area (Å²) in [6.07, 6.45) is 0. The van der Waals surface area contributed by atoms with Crippen LogP contribution in [-0.2, 0) is 10.0 Å². The van der Waals surface area contributed by atoms with Crippen LogP contribution in [0.4, 0.5) is 0 Å². The maximum absolute atomic E-state index is 11.7. The molecule has 0 saturated carbocycles. The van der Waals surface area contributed by atoms with Crippen LogP contribution in [0.1, 0.15) is 6.92 Å². The Labute approximate surface area is 104 Å². The van der Waals surface area contributed by atoms with Gasteiger partial charge in [0.15, 0.2) is 0 Å². The molecule has 0 fully saturated rings. The van der Waals surface area contributed by atoms with Crippen LogP contribution in [0.5, 0.6) is 0 Å². The summed E-state index contributed by atoms with van der Waals surface area (Å²) in [5, 5.41) is 9.23. The lowest BCUT2D eigenvalue weighted by molar-refractivity contribution is 0.265. The number of benzene rings is 1. The number of sulfonamides is 1. The van der Waals surface area contributed by atoms with Crippen molar-refractivity contribution in [3.8, 4) is 0 Å². The first-order valence-corrected chi connectivity index (χ1v) is 6.69. The third-order valence-electron chi connectivity index (χ3n) is 1.83. The largest absolute Gasteiger partial charge is 0.395 e. The van der Waals surface area contributed by atoms with Crippen LogP contribution >= 0.6 is 23.2 Å². The van der Waals surface area contributed by atoms with Crippen molar-refractivity contribution in [1.29, 1.82) is 0 Å². The van der Waals surface area contributed by atoms with Crippen molar-refractivity contribution >= 4 is 33.2 Å². The Kier molecular flexibility index (Phi) is 4.58. The van der Waals surface area contributed by atoms with Crippen LogP contribution < -0.4 is 4.72 Å². The number of aliphatic hydroxyl groups is 1. The highest BCUT2D eigenvalue weighted by Crippen LogP contribution is 2.24. The fourth-order valence-corrected chi connectivity index (χ4v) is 2.64. The molecule has 0 spiro atoms. The summed E-state index contributed by atoms with van der Waals surface area (Å²) < 4.78 is 25.8. The van der Waals surface area contributed by atoms with Crippen molar-refractivity contribution in [2.24, 2.45) is 0 Å². The Morgan fingerprint density at radius 1 is 1.38 bits per heavy atom. The number of nitrogens with one attached hydrogen (secondary N) is 1. The zero-order chi connectivity index (χ0) is 12.3. The predicted molar refractivity (Wildman–Crippen MR) is 63.3 cm³/mol. The maximum Gasteiger partial charge on any atom is 0.240 e. The summed E-state index contributed by atoms with van der Waals surface area (Å²) >= 11 is 11.4. The zero-order valence-corrected chi connectivity index (χ0v) is 10.8. The zero-order valence-electron chi connectivity index (χ0n) is 8.44. The van der Waals surface area contributed by atoms with Crippen LogP contribution in [0.25, 0.3) is 0 Å². The van der Waals surface area contributed by atoms with Gasteiger partial charge < -0.3 is 5.11 Å². The molecule has 7 heteroatoms. The first-order valence-electron chi connectivity index (χ1n) is 4.45. The molecule has 90 valence electrons. The minimum Gasteiger partial charge on any atom is -0.395 e. The van der Waals surface area contributed by atoms with Crippen LogP contribution in [0.2, 0.25) is 10.0 Å². The molecule has 1 atom stereocenters. The quantitative estimate of drug-likeness (QED) is 0.883. The second kappa shape index (κ2) is 5.33. The van der Waals surface area contributed by atoms with Gasteiger partial charge in [0, 0.05) is 6.04 Å². The first-order chi connectivity index (χ1) is 7.36. The molecule has 0 radical (unpaired) electrons. The predicted octanol–water partition coefficient (Wildman–Crippen LogP) is 1.65. The van der Waals surface area contributed by atoms with Gasteiger partial charge in [-0.3, -0.25) is 0 Å². The Balaban J connectivity index is 3.03. The lowest BCUT2D eigenvalue weighted by atomic mass is 10.4. The van der Waals surface area contributed by atoms with E-state index in [-0.39, 0.29) is 21.5 Å². The molecule has 0 bridgehead atoms. The molecular weight excluding hydrogens is 273 g/mol. The second-order valence-corrected chi connectivity index (χ2v) is 5.81. The van der Waals surface area contributed by atoms with Crippen molar-refractivity contribution < 1.29 is 13.5 Å². The minimum atomic E-state index is -3.66. The fourth-order valence-electron chi connectivity index (χ4n) is 1.01. The van der Waals surface area contributed by atoms with Gasteiger partial charge in [-0.05, 0) is 25.1 Å². The Morgan fingerprint density at radius 3 is 2.50 bits per heavy atom. The van der Waals surface area contributed by atoms with Crippen LogP contribution in [0.3, 0.4) is 0 Å². The number of halogens is 2. The van der Waals surface area contributed by atoms with E-state index in [1.165, 1.54) is 18.2 Å². The van der Waals surface area contributed by atoms with Gasteiger partial charge in [-0.1, -0.05) is 23.2 Å². The topological polar surface area (TPSA) is 66.4 Å². The van der Waals surface area contributed by atoms with Crippen molar-refractivity contribution in [2.45, 2.75) is 17.9 Å². The molecule has 0 unspecified atom stereocenters. The summed E-state index contributed by atoms with van der Waals surface area (Å²) in [6.45, 7) is 1.27. The molecule has 1 rings (SSSR count). The number of aliphatic hydroxyl groups excluding tert-OH is 1. The summed E-state index contributed by atoms with van der Waals surface area (Å²) in [4.78, 5) is 0.0159. The maximum atomic E-state index is 11.7. The lowest BCUT2D eigenvalue weighted by Crippen LogP contribution is -2.34. The fraction of sp³-hybridized carbons (Fsp3) is 0.333. The van der Waals surface area contributed by atoms with Crippen molar-refractivity contribution in [3.63, 3.8) is 0 Å². The highest BCUT2D eigenvalue weighted by molar-refractivity contribution is 7.89. The standard InChI is InChI=1S/C9H11Cl2NO3S/c1-6(5-13)12-16(14,15)7-2-3-8(10)9(11)4-7/h2-4,6,12-13H,5H2,1H3/t6-/m0/s1. The van der Waals surface area contributed by atoms with Gasteiger partial charge in [-0.15, -0.1) is 0 Å². The van der Waals surface area contributed by atoms with Crippen molar-refractivity contribution in [2.75, 3.05) is 6.61 Å². The Morgan fingerprint density at radius 2 is 2.00 bits per heavy atom. The van der Waals surface area contributed by atoms with E-state index in [1.54, 1.807) is 6.92 Å². The molecule has 16 heavy (non-hydrogen) atoms. The summed E-state index contributed by atoms with van der Waals surface area (Å²) in [5.41, 5.74) is 0. The van der Waals surface area contributed by atoms with E-state index >= 15 is 0 Å². The molecule has 0 aromatic heterocycles. The summed E-state index contributed by atoms with van der Waals surface area (Å²) in [5.74, 6) is 0. The smallest absolute Gasteiger partial charge is 0.240 e. The van der Waals surface area contributed by atoms with E-state index in [1.807, 2.05) is 0 Å². The van der Waals surface area contributed by atoms with E-state index in [0.29, 0.717) is 0 Å². The molecular formula is C9H11Cl2NO3S. The van der Waals surface area contributed by atoms with Gasteiger partial charge in [0.25, 0.3) is 0 Å². The number of hydrogen-bond donors (Lipinski definition) is 2. The number of hydrogen-bond acceptors (Lipinski definition) is 3. The van der Waals surface area contributed by atoms with Crippen LogP contribution in [-0.4, -0.2) is 26.2 Å². The van der Waals surface area contributed by atoms with Crippen molar-refractivity contribution in [3.05, 3.63) is 28.2 Å². The molecule has 0 aliphatic rings. The summed E-state index contributed by atoms with van der Waals surface area (Å²) in [7, 11) is -3.66. The monoisotopic (exact) mass is 283 g/mol. The molecule has 0 amide bonds. The molecule has 1 aromatic rings. The van der Waals surface area contributed by atoms with E-state index in [2.05, 4.69) is 4.72 Å². The molecule has 4 nitrogen and oxygen atoms in total. The second-order valence-electron chi connectivity index (χ2n) is 3.28. The minimum absolute atomic E-state index is 0.0159. The Hall–Kier alpha value is -0.330. The Bertz CT molecular complexity index is 476. The van der Waals surface area contributed by atoms with Gasteiger partial charge in [0.05, 0.1) is 21.5 Å². The van der Waals surface area contributed by atoms with Gasteiger partial charge in [-0.25, -0.2) is 13.1 Å².